The Labute approximate surface area is 139 Å². The Morgan fingerprint density at radius 3 is 2.19 bits per heavy atom. The Balaban J connectivity index is 2.47. The van der Waals surface area contributed by atoms with Gasteiger partial charge in [-0.1, -0.05) is 23.8 Å². The maximum atomic E-state index is 12.8. The monoisotopic (exact) mass is 413 g/mol. The summed E-state index contributed by atoms with van der Waals surface area (Å²) in [6, 6.07) is 14.2. The Bertz CT molecular complexity index is 722. The highest BCUT2D eigenvalue weighted by atomic mass is 127. The maximum absolute atomic E-state index is 12.8. The number of nitrogens with zero attached hydrogens (tertiary/aromatic N) is 1. The number of anilines is 1. The van der Waals surface area contributed by atoms with E-state index in [0.29, 0.717) is 5.69 Å². The van der Waals surface area contributed by atoms with Crippen molar-refractivity contribution in [3.8, 4) is 0 Å². The van der Waals surface area contributed by atoms with Crippen LogP contribution in [0.3, 0.4) is 0 Å². The van der Waals surface area contributed by atoms with E-state index in [9.17, 15) is 8.42 Å². The zero-order valence-electron chi connectivity index (χ0n) is 11.7. The smallest absolute Gasteiger partial charge is 0.263 e. The number of hydrogen-bond donors (Lipinski definition) is 0. The highest BCUT2D eigenvalue weighted by Gasteiger charge is 2.23. The molecular formula is C16H16INO2S. The van der Waals surface area contributed by atoms with Crippen LogP contribution in [0, 0.1) is 10.5 Å². The zero-order chi connectivity index (χ0) is 15.5. The van der Waals surface area contributed by atoms with Crippen LogP contribution in [0.5, 0.6) is 0 Å². The predicted molar refractivity (Wildman–Crippen MR) is 95.1 cm³/mol. The second-order valence-electron chi connectivity index (χ2n) is 4.61. The lowest BCUT2D eigenvalue weighted by molar-refractivity contribution is 0.593. The van der Waals surface area contributed by atoms with E-state index >= 15 is 0 Å². The topological polar surface area (TPSA) is 37.4 Å². The molecule has 0 aliphatic heterocycles. The molecule has 3 nitrogen and oxygen atoms in total. The highest BCUT2D eigenvalue weighted by Crippen LogP contribution is 2.24. The van der Waals surface area contributed by atoms with E-state index in [1.54, 1.807) is 42.5 Å². The summed E-state index contributed by atoms with van der Waals surface area (Å²) >= 11 is 2.19. The van der Waals surface area contributed by atoms with Crippen molar-refractivity contribution in [3.63, 3.8) is 0 Å². The van der Waals surface area contributed by atoms with Gasteiger partial charge in [0.05, 0.1) is 17.1 Å². The van der Waals surface area contributed by atoms with E-state index in [2.05, 4.69) is 29.2 Å². The number of sulfonamides is 1. The van der Waals surface area contributed by atoms with Crippen molar-refractivity contribution in [3.05, 3.63) is 70.3 Å². The molecule has 110 valence electrons. The van der Waals surface area contributed by atoms with E-state index in [1.807, 2.05) is 19.1 Å². The van der Waals surface area contributed by atoms with Gasteiger partial charge >= 0.3 is 0 Å². The van der Waals surface area contributed by atoms with E-state index in [-0.39, 0.29) is 11.4 Å². The van der Waals surface area contributed by atoms with Gasteiger partial charge in [0, 0.05) is 3.57 Å². The molecule has 0 aromatic heterocycles. The predicted octanol–water partition coefficient (Wildman–Crippen LogP) is 3.98. The molecule has 0 atom stereocenters. The summed E-state index contributed by atoms with van der Waals surface area (Å²) in [7, 11) is -3.59. The molecule has 0 bridgehead atoms. The third-order valence-electron chi connectivity index (χ3n) is 3.02. The van der Waals surface area contributed by atoms with Gasteiger partial charge in [-0.3, -0.25) is 4.31 Å². The quantitative estimate of drug-likeness (QED) is 0.550. The summed E-state index contributed by atoms with van der Waals surface area (Å²) < 4.78 is 28.0. The summed E-state index contributed by atoms with van der Waals surface area (Å²) in [5, 5.41) is 0. The number of hydrogen-bond acceptors (Lipinski definition) is 2. The van der Waals surface area contributed by atoms with Gasteiger partial charge in [0.25, 0.3) is 10.0 Å². The summed E-state index contributed by atoms with van der Waals surface area (Å²) in [6.07, 6.45) is 1.59. The first kappa shape index (κ1) is 16.0. The normalized spacial score (nSPS) is 11.1. The molecule has 0 aliphatic carbocycles. The first-order chi connectivity index (χ1) is 9.95. The van der Waals surface area contributed by atoms with Crippen LogP contribution in [0.1, 0.15) is 5.56 Å². The number of benzene rings is 2. The first-order valence-corrected chi connectivity index (χ1v) is 8.93. The van der Waals surface area contributed by atoms with Gasteiger partial charge in [0.15, 0.2) is 0 Å². The molecule has 0 N–H and O–H groups in total. The molecule has 5 heteroatoms. The lowest BCUT2D eigenvalue weighted by atomic mass is 10.2. The second kappa shape index (κ2) is 6.62. The number of halogens is 1. The van der Waals surface area contributed by atoms with E-state index < -0.39 is 10.0 Å². The van der Waals surface area contributed by atoms with Crippen LogP contribution in [0.15, 0.2) is 66.1 Å². The van der Waals surface area contributed by atoms with E-state index in [0.717, 1.165) is 9.13 Å². The average molecular weight is 413 g/mol. The molecule has 0 fully saturated rings. The van der Waals surface area contributed by atoms with E-state index in [4.69, 9.17) is 0 Å². The first-order valence-electron chi connectivity index (χ1n) is 6.41. The molecule has 0 saturated heterocycles. The van der Waals surface area contributed by atoms with Gasteiger partial charge in [-0.05, 0) is 65.9 Å². The van der Waals surface area contributed by atoms with Crippen LogP contribution >= 0.6 is 22.6 Å². The zero-order valence-corrected chi connectivity index (χ0v) is 14.6. The van der Waals surface area contributed by atoms with Crippen LogP contribution in [-0.4, -0.2) is 15.0 Å². The van der Waals surface area contributed by atoms with E-state index in [1.165, 1.54) is 4.31 Å². The van der Waals surface area contributed by atoms with Gasteiger partial charge < -0.3 is 0 Å². The largest absolute Gasteiger partial charge is 0.264 e. The van der Waals surface area contributed by atoms with Crippen molar-refractivity contribution in [2.45, 2.75) is 11.8 Å². The molecule has 0 radical (unpaired) electrons. The standard InChI is InChI=1S/C16H16INO2S/c1-3-12-18(15-8-6-14(17)7-9-15)21(19,20)16-10-4-13(2)5-11-16/h3-11H,1,12H2,2H3. The molecule has 21 heavy (non-hydrogen) atoms. The molecule has 2 aromatic carbocycles. The van der Waals surface area contributed by atoms with Crippen LogP contribution in [0.4, 0.5) is 5.69 Å². The van der Waals surface area contributed by atoms with Crippen molar-refractivity contribution in [2.75, 3.05) is 10.8 Å². The van der Waals surface area contributed by atoms with Gasteiger partial charge in [-0.2, -0.15) is 0 Å². The fourth-order valence-corrected chi connectivity index (χ4v) is 3.70. The Kier molecular flexibility index (Phi) is 5.05. The summed E-state index contributed by atoms with van der Waals surface area (Å²) in [5.41, 5.74) is 1.66. The Morgan fingerprint density at radius 1 is 1.10 bits per heavy atom. The SMILES string of the molecule is C=CCN(c1ccc(I)cc1)S(=O)(=O)c1ccc(C)cc1. The minimum atomic E-state index is -3.59. The average Bonchev–Trinajstić information content (AvgIpc) is 2.46. The third kappa shape index (κ3) is 3.65. The number of aryl methyl sites for hydroxylation is 1. The summed E-state index contributed by atoms with van der Waals surface area (Å²) in [6.45, 7) is 5.82. The molecule has 2 rings (SSSR count). The minimum absolute atomic E-state index is 0.233. The Hall–Kier alpha value is -1.34. The van der Waals surface area contributed by atoms with Crippen molar-refractivity contribution < 1.29 is 8.42 Å². The molecule has 0 spiro atoms. The summed E-state index contributed by atoms with van der Waals surface area (Å²) in [4.78, 5) is 0.286. The second-order valence-corrected chi connectivity index (χ2v) is 7.72. The third-order valence-corrected chi connectivity index (χ3v) is 5.55. The minimum Gasteiger partial charge on any atom is -0.263 e. The van der Waals surface area contributed by atoms with Crippen molar-refractivity contribution >= 4 is 38.3 Å². The van der Waals surface area contributed by atoms with Gasteiger partial charge in [-0.25, -0.2) is 8.42 Å². The molecular weight excluding hydrogens is 397 g/mol. The summed E-state index contributed by atoms with van der Waals surface area (Å²) in [5.74, 6) is 0. The highest BCUT2D eigenvalue weighted by molar-refractivity contribution is 14.1. The fourth-order valence-electron chi connectivity index (χ4n) is 1.90. The lowest BCUT2D eigenvalue weighted by Gasteiger charge is -2.23. The molecule has 2 aromatic rings. The molecule has 0 saturated carbocycles. The van der Waals surface area contributed by atoms with Gasteiger partial charge in [0.2, 0.25) is 0 Å². The van der Waals surface area contributed by atoms with Crippen LogP contribution in [0.25, 0.3) is 0 Å². The fraction of sp³-hybridized carbons (Fsp3) is 0.125. The van der Waals surface area contributed by atoms with Gasteiger partial charge in [0.1, 0.15) is 0 Å². The number of rotatable bonds is 5. The van der Waals surface area contributed by atoms with Crippen molar-refractivity contribution in [1.29, 1.82) is 0 Å². The van der Waals surface area contributed by atoms with Gasteiger partial charge in [-0.15, -0.1) is 6.58 Å². The molecule has 0 aliphatic rings. The van der Waals surface area contributed by atoms with Crippen LogP contribution in [0.2, 0.25) is 0 Å². The molecule has 0 heterocycles. The van der Waals surface area contributed by atoms with Crippen molar-refractivity contribution in [1.82, 2.24) is 0 Å². The van der Waals surface area contributed by atoms with Crippen LogP contribution in [-0.2, 0) is 10.0 Å². The molecule has 0 unspecified atom stereocenters. The Morgan fingerprint density at radius 2 is 1.67 bits per heavy atom. The van der Waals surface area contributed by atoms with Crippen molar-refractivity contribution in [2.24, 2.45) is 0 Å². The maximum Gasteiger partial charge on any atom is 0.264 e. The molecule has 0 amide bonds. The van der Waals surface area contributed by atoms with Crippen LogP contribution < -0.4 is 4.31 Å². The lowest BCUT2D eigenvalue weighted by Crippen LogP contribution is -2.31.